The largest absolute Gasteiger partial charge is 0.367 e. The van der Waals surface area contributed by atoms with Crippen LogP contribution in [0.5, 0.6) is 0 Å². The van der Waals surface area contributed by atoms with Crippen LogP contribution in [0.2, 0.25) is 0 Å². The van der Waals surface area contributed by atoms with Gasteiger partial charge in [0.05, 0.1) is 0 Å². The first-order valence-corrected chi connectivity index (χ1v) is 10.9. The Hall–Kier alpha value is -3.71. The van der Waals surface area contributed by atoms with Gasteiger partial charge in [0.25, 0.3) is 5.91 Å². The van der Waals surface area contributed by atoms with E-state index in [0.29, 0.717) is 18.7 Å². The van der Waals surface area contributed by atoms with Crippen LogP contribution in [0.1, 0.15) is 42.3 Å². The Morgan fingerprint density at radius 1 is 0.939 bits per heavy atom. The Labute approximate surface area is 194 Å². The van der Waals surface area contributed by atoms with Gasteiger partial charge in [-0.05, 0) is 55.3 Å². The lowest BCUT2D eigenvalue weighted by Gasteiger charge is -2.45. The van der Waals surface area contributed by atoms with E-state index < -0.39 is 5.91 Å². The molecule has 0 spiro atoms. The van der Waals surface area contributed by atoms with Crippen LogP contribution in [0.3, 0.4) is 0 Å². The third-order valence-electron chi connectivity index (χ3n) is 5.67. The molecule has 2 amide bonds. The highest BCUT2D eigenvalue weighted by Gasteiger charge is 2.32. The van der Waals surface area contributed by atoms with E-state index in [4.69, 9.17) is 5.21 Å². The highest BCUT2D eigenvalue weighted by Crippen LogP contribution is 2.27. The first-order valence-electron chi connectivity index (χ1n) is 10.9. The number of nitrogens with one attached hydrogen (secondary N) is 1. The van der Waals surface area contributed by atoms with E-state index in [1.165, 1.54) is 6.08 Å². The van der Waals surface area contributed by atoms with E-state index in [-0.39, 0.29) is 23.8 Å². The molecule has 2 aromatic carbocycles. The maximum atomic E-state index is 13.1. The Balaban J connectivity index is 1.79. The number of amides is 2. The summed E-state index contributed by atoms with van der Waals surface area (Å²) < 4.78 is 0. The quantitative estimate of drug-likeness (QED) is 0.306. The van der Waals surface area contributed by atoms with Crippen LogP contribution >= 0.6 is 0 Å². The zero-order valence-corrected chi connectivity index (χ0v) is 19.1. The molecule has 0 bridgehead atoms. The molecule has 1 fully saturated rings. The number of carbonyl (C=O) groups excluding carboxylic acids is 3. The standard InChI is InChI=1S/C26H29N3O4/c1-18-16-28(17-19(2)29(18)20(3)30)24-10-5-4-9-23(24)25(31)13-11-21-7-6-8-22(15-21)12-14-26(32)27-33/h4-15,18-19,33H,16-17H2,1-3H3,(H,27,32)/b13-11+,14-12+/t18-,19+. The fourth-order valence-electron chi connectivity index (χ4n) is 4.34. The van der Waals surface area contributed by atoms with E-state index in [9.17, 15) is 14.4 Å². The number of ketones is 1. The Bertz CT molecular complexity index is 1080. The summed E-state index contributed by atoms with van der Waals surface area (Å²) in [6.45, 7) is 6.97. The van der Waals surface area contributed by atoms with Crippen LogP contribution in [0.4, 0.5) is 5.69 Å². The van der Waals surface area contributed by atoms with Gasteiger partial charge in [-0.15, -0.1) is 0 Å². The van der Waals surface area contributed by atoms with Gasteiger partial charge in [-0.1, -0.05) is 36.4 Å². The minimum atomic E-state index is -0.615. The summed E-state index contributed by atoms with van der Waals surface area (Å²) in [5.74, 6) is -0.660. The summed E-state index contributed by atoms with van der Waals surface area (Å²) in [6, 6.07) is 15.0. The van der Waals surface area contributed by atoms with Crippen LogP contribution in [0.15, 0.2) is 60.7 Å². The van der Waals surface area contributed by atoms with E-state index in [2.05, 4.69) is 4.90 Å². The normalized spacial score (nSPS) is 18.7. The van der Waals surface area contributed by atoms with Crippen molar-refractivity contribution in [1.82, 2.24) is 10.4 Å². The van der Waals surface area contributed by atoms with Gasteiger partial charge in [0.2, 0.25) is 5.91 Å². The third kappa shape index (κ3) is 5.96. The summed E-state index contributed by atoms with van der Waals surface area (Å²) in [5.41, 5.74) is 4.59. The van der Waals surface area contributed by atoms with E-state index in [0.717, 1.165) is 16.8 Å². The molecular formula is C26H29N3O4. The van der Waals surface area contributed by atoms with Crippen molar-refractivity contribution in [3.8, 4) is 0 Å². The second kappa shape index (κ2) is 10.7. The van der Waals surface area contributed by atoms with Gasteiger partial charge in [0, 0.05) is 49.4 Å². The number of hydroxylamine groups is 1. The van der Waals surface area contributed by atoms with Crippen molar-refractivity contribution in [2.75, 3.05) is 18.0 Å². The van der Waals surface area contributed by atoms with Crippen molar-refractivity contribution < 1.29 is 19.6 Å². The predicted molar refractivity (Wildman–Crippen MR) is 129 cm³/mol. The summed E-state index contributed by atoms with van der Waals surface area (Å²) >= 11 is 0. The number of allylic oxidation sites excluding steroid dienone is 1. The fourth-order valence-corrected chi connectivity index (χ4v) is 4.34. The highest BCUT2D eigenvalue weighted by molar-refractivity contribution is 6.10. The molecule has 172 valence electrons. The van der Waals surface area contributed by atoms with Gasteiger partial charge in [-0.25, -0.2) is 5.48 Å². The topological polar surface area (TPSA) is 90.0 Å². The molecular weight excluding hydrogens is 418 g/mol. The maximum Gasteiger partial charge on any atom is 0.267 e. The van der Waals surface area contributed by atoms with Gasteiger partial charge in [-0.3, -0.25) is 19.6 Å². The number of hydrogen-bond donors (Lipinski definition) is 2. The molecule has 7 heteroatoms. The summed E-state index contributed by atoms with van der Waals surface area (Å²) in [6.07, 6.45) is 6.07. The van der Waals surface area contributed by atoms with Gasteiger partial charge < -0.3 is 9.80 Å². The second-order valence-corrected chi connectivity index (χ2v) is 8.22. The van der Waals surface area contributed by atoms with Crippen LogP contribution in [-0.2, 0) is 9.59 Å². The molecule has 1 heterocycles. The molecule has 0 unspecified atom stereocenters. The van der Waals surface area contributed by atoms with Crippen LogP contribution < -0.4 is 10.4 Å². The smallest absolute Gasteiger partial charge is 0.267 e. The minimum absolute atomic E-state index is 0.0497. The van der Waals surface area contributed by atoms with E-state index in [1.807, 2.05) is 67.3 Å². The lowest BCUT2D eigenvalue weighted by molar-refractivity contribution is -0.133. The number of carbonyl (C=O) groups is 3. The van der Waals surface area contributed by atoms with Crippen LogP contribution in [0, 0.1) is 0 Å². The molecule has 3 rings (SSSR count). The number of rotatable bonds is 6. The molecule has 1 aliphatic rings. The van der Waals surface area contributed by atoms with Crippen molar-refractivity contribution in [1.29, 1.82) is 0 Å². The van der Waals surface area contributed by atoms with Crippen LogP contribution in [0.25, 0.3) is 12.2 Å². The number of para-hydroxylation sites is 1. The molecule has 33 heavy (non-hydrogen) atoms. The summed E-state index contributed by atoms with van der Waals surface area (Å²) in [5, 5.41) is 8.58. The number of benzene rings is 2. The second-order valence-electron chi connectivity index (χ2n) is 8.22. The zero-order valence-electron chi connectivity index (χ0n) is 19.1. The lowest BCUT2D eigenvalue weighted by atomic mass is 10.0. The first-order chi connectivity index (χ1) is 15.8. The molecule has 2 atom stereocenters. The summed E-state index contributed by atoms with van der Waals surface area (Å²) in [7, 11) is 0. The number of piperazine rings is 1. The molecule has 0 radical (unpaired) electrons. The molecule has 1 aliphatic heterocycles. The van der Waals surface area contributed by atoms with Gasteiger partial charge >= 0.3 is 0 Å². The van der Waals surface area contributed by atoms with Gasteiger partial charge in [0.15, 0.2) is 5.78 Å². The lowest BCUT2D eigenvalue weighted by Crippen LogP contribution is -2.58. The number of hydrogen-bond acceptors (Lipinski definition) is 5. The Kier molecular flexibility index (Phi) is 7.79. The van der Waals surface area contributed by atoms with Crippen molar-refractivity contribution in [2.24, 2.45) is 0 Å². The molecule has 2 aromatic rings. The Morgan fingerprint density at radius 3 is 2.15 bits per heavy atom. The van der Waals surface area contributed by atoms with Gasteiger partial charge in [-0.2, -0.15) is 0 Å². The highest BCUT2D eigenvalue weighted by atomic mass is 16.5. The molecule has 0 aromatic heterocycles. The van der Waals surface area contributed by atoms with Gasteiger partial charge in [0.1, 0.15) is 0 Å². The minimum Gasteiger partial charge on any atom is -0.367 e. The molecule has 7 nitrogen and oxygen atoms in total. The molecule has 1 saturated heterocycles. The average Bonchev–Trinajstić information content (AvgIpc) is 2.80. The third-order valence-corrected chi connectivity index (χ3v) is 5.67. The fraction of sp³-hybridized carbons (Fsp3) is 0.269. The predicted octanol–water partition coefficient (Wildman–Crippen LogP) is 3.55. The zero-order chi connectivity index (χ0) is 24.0. The Morgan fingerprint density at radius 2 is 1.55 bits per heavy atom. The monoisotopic (exact) mass is 447 g/mol. The number of nitrogens with zero attached hydrogens (tertiary/aromatic N) is 2. The van der Waals surface area contributed by atoms with Crippen molar-refractivity contribution in [3.63, 3.8) is 0 Å². The van der Waals surface area contributed by atoms with E-state index >= 15 is 0 Å². The van der Waals surface area contributed by atoms with Crippen molar-refractivity contribution in [3.05, 3.63) is 77.4 Å². The van der Waals surface area contributed by atoms with Crippen LogP contribution in [-0.4, -0.2) is 52.9 Å². The average molecular weight is 448 g/mol. The maximum absolute atomic E-state index is 13.1. The van der Waals surface area contributed by atoms with Crippen molar-refractivity contribution in [2.45, 2.75) is 32.9 Å². The molecule has 2 N–H and O–H groups in total. The molecule has 0 saturated carbocycles. The SMILES string of the molecule is CC(=O)N1[C@H](C)CN(c2ccccc2C(=O)/C=C/c2cccc(/C=C/C(=O)NO)c2)C[C@@H]1C. The summed E-state index contributed by atoms with van der Waals surface area (Å²) in [4.78, 5) is 40.3. The number of anilines is 1. The van der Waals surface area contributed by atoms with E-state index in [1.54, 1.807) is 30.6 Å². The molecule has 0 aliphatic carbocycles. The van der Waals surface area contributed by atoms with Crippen molar-refractivity contribution >= 4 is 35.4 Å². The first kappa shape index (κ1) is 23.9.